The summed E-state index contributed by atoms with van der Waals surface area (Å²) in [5.74, 6) is -5.08. The van der Waals surface area contributed by atoms with Crippen molar-refractivity contribution in [2.75, 3.05) is 12.0 Å². The molecule has 0 heterocycles. The molecule has 5 atom stereocenters. The molecule has 0 rings (SSSR count). The smallest absolute Gasteiger partial charge is 0.326 e. The maximum absolute atomic E-state index is 12.4. The van der Waals surface area contributed by atoms with Gasteiger partial charge in [-0.2, -0.15) is 11.8 Å². The van der Waals surface area contributed by atoms with E-state index in [-0.39, 0.29) is 6.42 Å². The number of carboxylic acids is 2. The lowest BCUT2D eigenvalue weighted by Crippen LogP contribution is -2.59. The predicted molar refractivity (Wildman–Crippen MR) is 104 cm³/mol. The second-order valence-corrected chi connectivity index (χ2v) is 7.34. The maximum atomic E-state index is 12.4. The van der Waals surface area contributed by atoms with E-state index in [9.17, 15) is 34.2 Å². The van der Waals surface area contributed by atoms with Crippen LogP contribution in [0.2, 0.25) is 0 Å². The first kappa shape index (κ1) is 26.6. The molecule has 0 radical (unpaired) electrons. The largest absolute Gasteiger partial charge is 0.481 e. The number of carbonyl (C=O) groups is 5. The van der Waals surface area contributed by atoms with Gasteiger partial charge < -0.3 is 37.0 Å². The highest BCUT2D eigenvalue weighted by molar-refractivity contribution is 7.98. The minimum Gasteiger partial charge on any atom is -0.481 e. The van der Waals surface area contributed by atoms with Gasteiger partial charge in [0.2, 0.25) is 17.7 Å². The molecule has 0 bridgehead atoms. The van der Waals surface area contributed by atoms with E-state index in [1.165, 1.54) is 25.6 Å². The Balaban J connectivity index is 5.35. The van der Waals surface area contributed by atoms with Crippen molar-refractivity contribution in [1.29, 1.82) is 0 Å². The van der Waals surface area contributed by atoms with Crippen LogP contribution in [0, 0.1) is 0 Å². The summed E-state index contributed by atoms with van der Waals surface area (Å²) in [5.41, 5.74) is 5.40. The zero-order chi connectivity index (χ0) is 22.7. The second kappa shape index (κ2) is 13.0. The fraction of sp³-hybridized carbons (Fsp3) is 0.688. The van der Waals surface area contributed by atoms with Crippen LogP contribution >= 0.6 is 11.8 Å². The van der Waals surface area contributed by atoms with Crippen molar-refractivity contribution in [3.05, 3.63) is 0 Å². The molecular formula is C16H28N4O8S. The first-order valence-corrected chi connectivity index (χ1v) is 10.1. The standard InChI is InChI=1S/C16H28N4O8S/c1-7(17)13(24)20-12(8(2)21)15(26)19-10(6-11(22)23)14(25)18-9(16(27)28)4-5-29-3/h7-10,12,21H,4-6,17H2,1-3H3,(H,18,25)(H,19,26)(H,20,24)(H,22,23)(H,27,28). The fourth-order valence-electron chi connectivity index (χ4n) is 2.10. The number of hydrogen-bond acceptors (Lipinski definition) is 8. The van der Waals surface area contributed by atoms with Crippen LogP contribution in [0.15, 0.2) is 0 Å². The molecule has 8 N–H and O–H groups in total. The van der Waals surface area contributed by atoms with E-state index < -0.39 is 66.4 Å². The zero-order valence-corrected chi connectivity index (χ0v) is 17.2. The Labute approximate surface area is 172 Å². The Kier molecular flexibility index (Phi) is 11.9. The molecule has 12 nitrogen and oxygen atoms in total. The van der Waals surface area contributed by atoms with Crippen molar-refractivity contribution in [1.82, 2.24) is 16.0 Å². The Hall–Kier alpha value is -2.38. The topological polar surface area (TPSA) is 208 Å². The molecule has 0 fully saturated rings. The molecular weight excluding hydrogens is 408 g/mol. The van der Waals surface area contributed by atoms with Gasteiger partial charge >= 0.3 is 11.9 Å². The number of thioether (sulfide) groups is 1. The number of rotatable bonds is 13. The Morgan fingerprint density at radius 1 is 0.931 bits per heavy atom. The second-order valence-electron chi connectivity index (χ2n) is 6.36. The third-order valence-electron chi connectivity index (χ3n) is 3.71. The third-order valence-corrected chi connectivity index (χ3v) is 4.36. The quantitative estimate of drug-likeness (QED) is 0.161. The zero-order valence-electron chi connectivity index (χ0n) is 16.4. The summed E-state index contributed by atoms with van der Waals surface area (Å²) in [4.78, 5) is 58.9. The van der Waals surface area contributed by atoms with Gasteiger partial charge in [-0.15, -0.1) is 0 Å². The molecule has 0 aromatic heterocycles. The monoisotopic (exact) mass is 436 g/mol. The predicted octanol–water partition coefficient (Wildman–Crippen LogP) is -2.52. The fourth-order valence-corrected chi connectivity index (χ4v) is 2.57. The number of carbonyl (C=O) groups excluding carboxylic acids is 3. The molecule has 0 aromatic carbocycles. The molecule has 0 aromatic rings. The summed E-state index contributed by atoms with van der Waals surface area (Å²) in [5, 5.41) is 34.5. The molecule has 13 heteroatoms. The molecule has 0 aliphatic rings. The summed E-state index contributed by atoms with van der Waals surface area (Å²) in [6.07, 6.45) is -0.364. The van der Waals surface area contributed by atoms with Gasteiger partial charge in [-0.05, 0) is 32.3 Å². The van der Waals surface area contributed by atoms with Gasteiger partial charge in [0.15, 0.2) is 0 Å². The van der Waals surface area contributed by atoms with E-state index >= 15 is 0 Å². The summed E-state index contributed by atoms with van der Waals surface area (Å²) >= 11 is 1.36. The Morgan fingerprint density at radius 3 is 1.90 bits per heavy atom. The summed E-state index contributed by atoms with van der Waals surface area (Å²) < 4.78 is 0. The van der Waals surface area contributed by atoms with Gasteiger partial charge in [-0.3, -0.25) is 19.2 Å². The van der Waals surface area contributed by atoms with E-state index in [1.54, 1.807) is 6.26 Å². The molecule has 29 heavy (non-hydrogen) atoms. The van der Waals surface area contributed by atoms with Gasteiger partial charge in [-0.1, -0.05) is 0 Å². The highest BCUT2D eigenvalue weighted by Gasteiger charge is 2.32. The highest BCUT2D eigenvalue weighted by Crippen LogP contribution is 2.04. The molecule has 0 spiro atoms. The third kappa shape index (κ3) is 10.1. The molecule has 0 saturated carbocycles. The van der Waals surface area contributed by atoms with E-state index in [0.717, 1.165) is 0 Å². The number of amides is 3. The number of nitrogens with two attached hydrogens (primary N) is 1. The van der Waals surface area contributed by atoms with Crippen molar-refractivity contribution in [2.45, 2.75) is 57.0 Å². The minimum absolute atomic E-state index is 0.0940. The SMILES string of the molecule is CSCCC(NC(=O)C(CC(=O)O)NC(=O)C(NC(=O)C(C)N)C(C)O)C(=O)O. The number of aliphatic hydroxyl groups excluding tert-OH is 1. The van der Waals surface area contributed by atoms with Crippen LogP contribution in [-0.4, -0.2) is 87.3 Å². The normalized spacial score (nSPS) is 15.9. The van der Waals surface area contributed by atoms with Crippen LogP contribution < -0.4 is 21.7 Å². The molecule has 3 amide bonds. The van der Waals surface area contributed by atoms with Gasteiger partial charge in [0.1, 0.15) is 18.1 Å². The molecule has 0 saturated heterocycles. The maximum Gasteiger partial charge on any atom is 0.326 e. The van der Waals surface area contributed by atoms with E-state index in [4.69, 9.17) is 10.8 Å². The number of nitrogens with one attached hydrogen (secondary N) is 3. The van der Waals surface area contributed by atoms with Gasteiger partial charge in [-0.25, -0.2) is 4.79 Å². The van der Waals surface area contributed by atoms with Crippen LogP contribution in [0.1, 0.15) is 26.7 Å². The van der Waals surface area contributed by atoms with Gasteiger partial charge in [0, 0.05) is 0 Å². The number of hydrogen-bond donors (Lipinski definition) is 7. The van der Waals surface area contributed by atoms with E-state index in [1.807, 2.05) is 0 Å². The summed E-state index contributed by atoms with van der Waals surface area (Å²) in [6, 6.07) is -5.36. The van der Waals surface area contributed by atoms with Crippen LogP contribution in [0.4, 0.5) is 0 Å². The van der Waals surface area contributed by atoms with Crippen molar-refractivity contribution in [2.24, 2.45) is 5.73 Å². The highest BCUT2D eigenvalue weighted by atomic mass is 32.2. The van der Waals surface area contributed by atoms with Crippen molar-refractivity contribution < 1.29 is 39.3 Å². The first-order chi connectivity index (χ1) is 13.4. The van der Waals surface area contributed by atoms with E-state index in [0.29, 0.717) is 5.75 Å². The van der Waals surface area contributed by atoms with Crippen molar-refractivity contribution in [3.8, 4) is 0 Å². The lowest BCUT2D eigenvalue weighted by Gasteiger charge is -2.25. The average molecular weight is 436 g/mol. The van der Waals surface area contributed by atoms with Crippen LogP contribution in [0.5, 0.6) is 0 Å². The van der Waals surface area contributed by atoms with Crippen LogP contribution in [0.3, 0.4) is 0 Å². The number of carboxylic acid groups (broad SMARTS) is 2. The lowest BCUT2D eigenvalue weighted by atomic mass is 10.1. The Bertz CT molecular complexity index is 614. The van der Waals surface area contributed by atoms with Crippen LogP contribution in [0.25, 0.3) is 0 Å². The van der Waals surface area contributed by atoms with Crippen molar-refractivity contribution in [3.63, 3.8) is 0 Å². The molecule has 0 aliphatic heterocycles. The number of aliphatic hydroxyl groups is 1. The minimum atomic E-state index is -1.62. The van der Waals surface area contributed by atoms with Gasteiger partial charge in [0.05, 0.1) is 18.6 Å². The molecule has 0 aliphatic carbocycles. The van der Waals surface area contributed by atoms with Crippen LogP contribution in [-0.2, 0) is 24.0 Å². The molecule has 5 unspecified atom stereocenters. The Morgan fingerprint density at radius 2 is 1.48 bits per heavy atom. The van der Waals surface area contributed by atoms with Gasteiger partial charge in [0.25, 0.3) is 0 Å². The molecule has 166 valence electrons. The van der Waals surface area contributed by atoms with Crippen molar-refractivity contribution >= 4 is 41.4 Å². The number of aliphatic carboxylic acids is 2. The average Bonchev–Trinajstić information content (AvgIpc) is 2.60. The lowest BCUT2D eigenvalue weighted by molar-refractivity contribution is -0.143. The summed E-state index contributed by atoms with van der Waals surface area (Å²) in [6.45, 7) is 2.56. The first-order valence-electron chi connectivity index (χ1n) is 8.69. The van der Waals surface area contributed by atoms with E-state index in [2.05, 4.69) is 16.0 Å². The summed E-state index contributed by atoms with van der Waals surface area (Å²) in [7, 11) is 0.